The minimum atomic E-state index is -0.721. The Morgan fingerprint density at radius 2 is 2.00 bits per heavy atom. The Labute approximate surface area is 109 Å². The van der Waals surface area contributed by atoms with Gasteiger partial charge >= 0.3 is 0 Å². The van der Waals surface area contributed by atoms with Gasteiger partial charge in [-0.3, -0.25) is 9.59 Å². The number of hydrogen-bond acceptors (Lipinski definition) is 2. The average Bonchev–Trinajstić information content (AvgIpc) is 3.08. The van der Waals surface area contributed by atoms with Gasteiger partial charge < -0.3 is 10.2 Å². The van der Waals surface area contributed by atoms with Crippen LogP contribution in [-0.4, -0.2) is 35.8 Å². The van der Waals surface area contributed by atoms with Crippen molar-refractivity contribution < 1.29 is 9.59 Å². The highest BCUT2D eigenvalue weighted by atomic mass is 16.2. The van der Waals surface area contributed by atoms with Crippen LogP contribution in [0, 0.1) is 11.3 Å². The quantitative estimate of drug-likeness (QED) is 0.775. The number of likely N-dealkylation sites (tertiary alicyclic amines) is 1. The van der Waals surface area contributed by atoms with Crippen molar-refractivity contribution in [3.05, 3.63) is 0 Å². The van der Waals surface area contributed by atoms with Crippen molar-refractivity contribution in [1.82, 2.24) is 10.2 Å². The number of amides is 2. The van der Waals surface area contributed by atoms with E-state index in [-0.39, 0.29) is 17.9 Å². The molecule has 0 radical (unpaired) electrons. The van der Waals surface area contributed by atoms with Crippen LogP contribution >= 0.6 is 0 Å². The van der Waals surface area contributed by atoms with E-state index < -0.39 is 5.41 Å². The summed E-state index contributed by atoms with van der Waals surface area (Å²) in [5, 5.41) is 2.89. The van der Waals surface area contributed by atoms with E-state index in [1.165, 1.54) is 6.42 Å². The fourth-order valence-corrected chi connectivity index (χ4v) is 2.74. The van der Waals surface area contributed by atoms with Crippen LogP contribution in [0.1, 0.15) is 46.5 Å². The largest absolute Gasteiger partial charge is 0.353 e. The van der Waals surface area contributed by atoms with Gasteiger partial charge in [0.05, 0.1) is 0 Å². The van der Waals surface area contributed by atoms with E-state index in [0.717, 1.165) is 32.4 Å². The highest BCUT2D eigenvalue weighted by Crippen LogP contribution is 2.48. The molecule has 1 atom stereocenters. The van der Waals surface area contributed by atoms with E-state index in [1.807, 2.05) is 18.7 Å². The van der Waals surface area contributed by atoms with Gasteiger partial charge in [0.1, 0.15) is 5.41 Å². The van der Waals surface area contributed by atoms with Gasteiger partial charge in [0.15, 0.2) is 0 Å². The predicted octanol–water partition coefficient (Wildman–Crippen LogP) is 1.55. The fourth-order valence-electron chi connectivity index (χ4n) is 2.74. The lowest BCUT2D eigenvalue weighted by atomic mass is 9.96. The van der Waals surface area contributed by atoms with Crippen LogP contribution in [0.15, 0.2) is 0 Å². The summed E-state index contributed by atoms with van der Waals surface area (Å²) in [6.07, 6.45) is 3.69. The van der Waals surface area contributed by atoms with Gasteiger partial charge in [-0.25, -0.2) is 0 Å². The molecule has 2 aliphatic rings. The fraction of sp³-hybridized carbons (Fsp3) is 0.857. The third-order valence-corrected chi connectivity index (χ3v) is 3.96. The Morgan fingerprint density at radius 3 is 2.50 bits per heavy atom. The first-order chi connectivity index (χ1) is 8.45. The zero-order valence-corrected chi connectivity index (χ0v) is 11.7. The molecule has 0 aromatic rings. The van der Waals surface area contributed by atoms with E-state index in [1.54, 1.807) is 0 Å². The molecule has 2 fully saturated rings. The summed E-state index contributed by atoms with van der Waals surface area (Å²) in [5.41, 5.74) is -0.721. The zero-order valence-electron chi connectivity index (χ0n) is 11.7. The number of nitrogens with one attached hydrogen (secondary N) is 1. The Kier molecular flexibility index (Phi) is 3.64. The van der Waals surface area contributed by atoms with Crippen molar-refractivity contribution in [2.45, 2.75) is 52.5 Å². The Balaban J connectivity index is 2.01. The Hall–Kier alpha value is -1.06. The minimum Gasteiger partial charge on any atom is -0.353 e. The first-order valence-electron chi connectivity index (χ1n) is 7.06. The van der Waals surface area contributed by atoms with Gasteiger partial charge in [0.25, 0.3) is 0 Å². The third kappa shape index (κ3) is 2.52. The molecule has 1 saturated carbocycles. The lowest BCUT2D eigenvalue weighted by molar-refractivity contribution is -0.145. The molecule has 102 valence electrons. The van der Waals surface area contributed by atoms with Gasteiger partial charge in [-0.05, 0) is 45.4 Å². The van der Waals surface area contributed by atoms with Crippen molar-refractivity contribution in [3.8, 4) is 0 Å². The maximum atomic E-state index is 12.5. The summed E-state index contributed by atoms with van der Waals surface area (Å²) in [6, 6.07) is 0.100. The molecule has 2 amide bonds. The van der Waals surface area contributed by atoms with Crippen molar-refractivity contribution in [2.75, 3.05) is 13.1 Å². The lowest BCUT2D eigenvalue weighted by Crippen LogP contribution is -2.49. The van der Waals surface area contributed by atoms with E-state index in [4.69, 9.17) is 0 Å². The molecular weight excluding hydrogens is 228 g/mol. The number of piperidine rings is 1. The van der Waals surface area contributed by atoms with Crippen molar-refractivity contribution in [2.24, 2.45) is 11.3 Å². The lowest BCUT2D eigenvalue weighted by Gasteiger charge is -2.33. The van der Waals surface area contributed by atoms with Crippen molar-refractivity contribution in [3.63, 3.8) is 0 Å². The maximum Gasteiger partial charge on any atom is 0.238 e. The average molecular weight is 252 g/mol. The van der Waals surface area contributed by atoms with Gasteiger partial charge in [-0.2, -0.15) is 0 Å². The summed E-state index contributed by atoms with van der Waals surface area (Å²) in [6.45, 7) is 7.67. The van der Waals surface area contributed by atoms with E-state index >= 15 is 0 Å². The summed E-state index contributed by atoms with van der Waals surface area (Å²) in [4.78, 5) is 26.6. The molecule has 1 saturated heterocycles. The van der Waals surface area contributed by atoms with E-state index in [0.29, 0.717) is 5.92 Å². The normalized spacial score (nSPS) is 26.0. The molecular formula is C14H24N2O2. The van der Waals surface area contributed by atoms with Crippen molar-refractivity contribution in [1.29, 1.82) is 0 Å². The number of rotatable bonds is 3. The molecule has 4 heteroatoms. The highest BCUT2D eigenvalue weighted by molar-refractivity contribution is 6.07. The molecule has 1 aliphatic heterocycles. The van der Waals surface area contributed by atoms with E-state index in [9.17, 15) is 9.59 Å². The van der Waals surface area contributed by atoms with Crippen LogP contribution in [0.3, 0.4) is 0 Å². The second-order valence-electron chi connectivity index (χ2n) is 6.21. The standard InChI is InChI=1S/C14H24N2O2/c1-10(2)15-12(17)14(6-7-14)13(18)16-8-4-5-11(3)9-16/h10-11H,4-9H2,1-3H3,(H,15,17). The van der Waals surface area contributed by atoms with Gasteiger partial charge in [0, 0.05) is 19.1 Å². The molecule has 0 aromatic carbocycles. The van der Waals surface area contributed by atoms with Gasteiger partial charge in [0.2, 0.25) is 11.8 Å². The van der Waals surface area contributed by atoms with E-state index in [2.05, 4.69) is 12.2 Å². The van der Waals surface area contributed by atoms with Crippen LogP contribution in [0.25, 0.3) is 0 Å². The molecule has 1 N–H and O–H groups in total. The summed E-state index contributed by atoms with van der Waals surface area (Å²) in [5.74, 6) is 0.555. The minimum absolute atomic E-state index is 0.0622. The smallest absolute Gasteiger partial charge is 0.238 e. The molecule has 1 aliphatic carbocycles. The number of carbonyl (C=O) groups excluding carboxylic acids is 2. The third-order valence-electron chi connectivity index (χ3n) is 3.96. The second-order valence-corrected chi connectivity index (χ2v) is 6.21. The highest BCUT2D eigenvalue weighted by Gasteiger charge is 2.58. The molecule has 0 bridgehead atoms. The molecule has 18 heavy (non-hydrogen) atoms. The topological polar surface area (TPSA) is 49.4 Å². The molecule has 4 nitrogen and oxygen atoms in total. The number of carbonyl (C=O) groups is 2. The van der Waals surface area contributed by atoms with Gasteiger partial charge in [-0.15, -0.1) is 0 Å². The van der Waals surface area contributed by atoms with Crippen LogP contribution in [0.4, 0.5) is 0 Å². The summed E-state index contributed by atoms with van der Waals surface area (Å²) in [7, 11) is 0. The Bertz CT molecular complexity index is 348. The summed E-state index contributed by atoms with van der Waals surface area (Å²) < 4.78 is 0. The van der Waals surface area contributed by atoms with Crippen LogP contribution in [-0.2, 0) is 9.59 Å². The maximum absolute atomic E-state index is 12.5. The number of hydrogen-bond donors (Lipinski definition) is 1. The van der Waals surface area contributed by atoms with Gasteiger partial charge in [-0.1, -0.05) is 6.92 Å². The summed E-state index contributed by atoms with van der Waals surface area (Å²) >= 11 is 0. The number of nitrogens with zero attached hydrogens (tertiary/aromatic N) is 1. The monoisotopic (exact) mass is 252 g/mol. The first kappa shape index (κ1) is 13.4. The molecule has 2 rings (SSSR count). The first-order valence-corrected chi connectivity index (χ1v) is 7.06. The van der Waals surface area contributed by atoms with Crippen LogP contribution in [0.2, 0.25) is 0 Å². The van der Waals surface area contributed by atoms with Crippen LogP contribution in [0.5, 0.6) is 0 Å². The molecule has 1 heterocycles. The predicted molar refractivity (Wildman–Crippen MR) is 69.9 cm³/mol. The Morgan fingerprint density at radius 1 is 1.33 bits per heavy atom. The second kappa shape index (κ2) is 4.90. The zero-order chi connectivity index (χ0) is 13.3. The van der Waals surface area contributed by atoms with Crippen molar-refractivity contribution >= 4 is 11.8 Å². The SMILES string of the molecule is CC1CCCN(C(=O)C2(C(=O)NC(C)C)CC2)C1. The molecule has 0 aromatic heterocycles. The van der Waals surface area contributed by atoms with Crippen LogP contribution < -0.4 is 5.32 Å². The molecule has 1 unspecified atom stereocenters. The molecule has 0 spiro atoms.